The molecule has 0 saturated heterocycles. The molecule has 0 aliphatic carbocycles. The Morgan fingerprint density at radius 2 is 1.80 bits per heavy atom. The summed E-state index contributed by atoms with van der Waals surface area (Å²) < 4.78 is 61.4. The first kappa shape index (κ1) is 11.9. The lowest BCUT2D eigenvalue weighted by Crippen LogP contribution is -2.39. The van der Waals surface area contributed by atoms with Crippen LogP contribution in [0.4, 0.5) is 22.0 Å². The first-order valence-electron chi connectivity index (χ1n) is 4.07. The topological polar surface area (TPSA) is 26.0 Å². The van der Waals surface area contributed by atoms with Crippen molar-refractivity contribution >= 4 is 0 Å². The second-order valence-electron chi connectivity index (χ2n) is 3.09. The van der Waals surface area contributed by atoms with Crippen molar-refractivity contribution in [1.29, 1.82) is 0 Å². The van der Waals surface area contributed by atoms with Gasteiger partial charge in [-0.25, -0.2) is 8.78 Å². The number of nitrogens with two attached hydrogens (primary N) is 1. The van der Waals surface area contributed by atoms with E-state index < -0.39 is 30.3 Å². The molecule has 1 nitrogen and oxygen atoms in total. The average molecular weight is 225 g/mol. The summed E-state index contributed by atoms with van der Waals surface area (Å²) in [5.41, 5.74) is 4.56. The number of alkyl halides is 3. The Kier molecular flexibility index (Phi) is 3.28. The van der Waals surface area contributed by atoms with Crippen LogP contribution in [0.3, 0.4) is 0 Å². The van der Waals surface area contributed by atoms with Gasteiger partial charge in [-0.3, -0.25) is 0 Å². The molecule has 0 saturated carbocycles. The molecule has 1 unspecified atom stereocenters. The van der Waals surface area contributed by atoms with Crippen LogP contribution in [0.15, 0.2) is 18.2 Å². The molecule has 0 aromatic heterocycles. The fraction of sp³-hybridized carbons (Fsp3) is 0.333. The van der Waals surface area contributed by atoms with Crippen molar-refractivity contribution in [3.05, 3.63) is 35.4 Å². The zero-order valence-corrected chi connectivity index (χ0v) is 7.48. The minimum Gasteiger partial charge on any atom is -0.320 e. The molecule has 2 N–H and O–H groups in total. The van der Waals surface area contributed by atoms with E-state index in [0.717, 1.165) is 12.1 Å². The predicted molar refractivity (Wildman–Crippen MR) is 44.1 cm³/mol. The van der Waals surface area contributed by atoms with E-state index in [-0.39, 0.29) is 5.56 Å². The summed E-state index contributed by atoms with van der Waals surface area (Å²) >= 11 is 0. The molecule has 0 aliphatic rings. The Hall–Kier alpha value is -1.17. The maximum atomic E-state index is 12.9. The fourth-order valence-corrected chi connectivity index (χ4v) is 1.04. The maximum Gasteiger partial charge on any atom is 0.403 e. The van der Waals surface area contributed by atoms with Gasteiger partial charge in [-0.2, -0.15) is 13.2 Å². The summed E-state index contributed by atoms with van der Waals surface area (Å²) in [6.07, 6.45) is -5.28. The van der Waals surface area contributed by atoms with E-state index in [0.29, 0.717) is 6.07 Å². The van der Waals surface area contributed by atoms with Crippen LogP contribution in [0.5, 0.6) is 0 Å². The van der Waals surface area contributed by atoms with Crippen molar-refractivity contribution in [2.24, 2.45) is 5.73 Å². The van der Waals surface area contributed by atoms with Gasteiger partial charge in [-0.05, 0) is 18.1 Å². The van der Waals surface area contributed by atoms with E-state index in [1.165, 1.54) is 0 Å². The summed E-state index contributed by atoms with van der Waals surface area (Å²) in [6.45, 7) is 0. The molecule has 1 aromatic rings. The van der Waals surface area contributed by atoms with E-state index in [9.17, 15) is 22.0 Å². The van der Waals surface area contributed by atoms with E-state index in [4.69, 9.17) is 5.73 Å². The molecule has 0 fully saturated rings. The lowest BCUT2D eigenvalue weighted by atomic mass is 10.1. The Balaban J connectivity index is 2.82. The second kappa shape index (κ2) is 4.14. The van der Waals surface area contributed by atoms with Gasteiger partial charge in [0.05, 0.1) is 0 Å². The molecule has 0 heterocycles. The SMILES string of the molecule is NC(Cc1ccc(F)cc1F)C(F)(F)F. The molecule has 1 rings (SSSR count). The molecule has 84 valence electrons. The zero-order chi connectivity index (χ0) is 11.6. The third-order valence-corrected chi connectivity index (χ3v) is 1.88. The number of rotatable bonds is 2. The number of benzene rings is 1. The van der Waals surface area contributed by atoms with Gasteiger partial charge in [0, 0.05) is 6.07 Å². The third kappa shape index (κ3) is 3.16. The second-order valence-corrected chi connectivity index (χ2v) is 3.09. The molecule has 0 aliphatic heterocycles. The summed E-state index contributed by atoms with van der Waals surface area (Å²) in [6, 6.07) is 0.230. The van der Waals surface area contributed by atoms with Gasteiger partial charge in [-0.1, -0.05) is 6.07 Å². The first-order chi connectivity index (χ1) is 6.80. The smallest absolute Gasteiger partial charge is 0.320 e. The zero-order valence-electron chi connectivity index (χ0n) is 7.48. The standard InChI is InChI=1S/C9H8F5N/c10-6-2-1-5(7(11)4-6)3-8(15)9(12,13)14/h1-2,4,8H,3,15H2. The Morgan fingerprint density at radius 1 is 1.20 bits per heavy atom. The molecule has 0 bridgehead atoms. The van der Waals surface area contributed by atoms with Crippen molar-refractivity contribution in [2.75, 3.05) is 0 Å². The van der Waals surface area contributed by atoms with Gasteiger partial charge in [0.25, 0.3) is 0 Å². The van der Waals surface area contributed by atoms with Crippen molar-refractivity contribution in [1.82, 2.24) is 0 Å². The van der Waals surface area contributed by atoms with Crippen LogP contribution < -0.4 is 5.73 Å². The summed E-state index contributed by atoms with van der Waals surface area (Å²) in [7, 11) is 0. The molecular weight excluding hydrogens is 217 g/mol. The van der Waals surface area contributed by atoms with E-state index in [1.807, 2.05) is 0 Å². The lowest BCUT2D eigenvalue weighted by molar-refractivity contribution is -0.147. The normalized spacial score (nSPS) is 14.0. The molecule has 1 atom stereocenters. The van der Waals surface area contributed by atoms with Crippen LogP contribution in [-0.4, -0.2) is 12.2 Å². The highest BCUT2D eigenvalue weighted by atomic mass is 19.4. The molecule has 0 radical (unpaired) electrons. The quantitative estimate of drug-likeness (QED) is 0.768. The van der Waals surface area contributed by atoms with Gasteiger partial charge in [0.1, 0.15) is 17.7 Å². The molecule has 6 heteroatoms. The molecule has 15 heavy (non-hydrogen) atoms. The van der Waals surface area contributed by atoms with Crippen LogP contribution in [0, 0.1) is 11.6 Å². The molecule has 1 aromatic carbocycles. The third-order valence-electron chi connectivity index (χ3n) is 1.88. The first-order valence-corrected chi connectivity index (χ1v) is 4.07. The number of hydrogen-bond acceptors (Lipinski definition) is 1. The Morgan fingerprint density at radius 3 is 2.27 bits per heavy atom. The van der Waals surface area contributed by atoms with Crippen LogP contribution in [0.2, 0.25) is 0 Å². The monoisotopic (exact) mass is 225 g/mol. The van der Waals surface area contributed by atoms with Crippen LogP contribution in [0.25, 0.3) is 0 Å². The highest BCUT2D eigenvalue weighted by Gasteiger charge is 2.36. The highest BCUT2D eigenvalue weighted by molar-refractivity contribution is 5.19. The maximum absolute atomic E-state index is 12.9. The van der Waals surface area contributed by atoms with Gasteiger partial charge < -0.3 is 5.73 Å². The summed E-state index contributed by atoms with van der Waals surface area (Å²) in [5.74, 6) is -1.86. The molecule has 0 spiro atoms. The largest absolute Gasteiger partial charge is 0.403 e. The number of halogens is 5. The minimum atomic E-state index is -4.58. The Labute approximate surface area is 82.7 Å². The van der Waals surface area contributed by atoms with Crippen molar-refractivity contribution in [3.63, 3.8) is 0 Å². The van der Waals surface area contributed by atoms with Crippen molar-refractivity contribution < 1.29 is 22.0 Å². The van der Waals surface area contributed by atoms with Crippen molar-refractivity contribution in [3.8, 4) is 0 Å². The van der Waals surface area contributed by atoms with E-state index in [2.05, 4.69) is 0 Å². The predicted octanol–water partition coefficient (Wildman–Crippen LogP) is 2.40. The summed E-state index contributed by atoms with van der Waals surface area (Å²) in [4.78, 5) is 0. The molecule has 0 amide bonds. The van der Waals surface area contributed by atoms with E-state index in [1.54, 1.807) is 0 Å². The number of hydrogen-bond donors (Lipinski definition) is 1. The van der Waals surface area contributed by atoms with Crippen LogP contribution in [0.1, 0.15) is 5.56 Å². The van der Waals surface area contributed by atoms with Gasteiger partial charge in [0.15, 0.2) is 0 Å². The van der Waals surface area contributed by atoms with E-state index >= 15 is 0 Å². The van der Waals surface area contributed by atoms with Crippen LogP contribution in [-0.2, 0) is 6.42 Å². The van der Waals surface area contributed by atoms with Gasteiger partial charge in [-0.15, -0.1) is 0 Å². The molecular formula is C9H8F5N. The summed E-state index contributed by atoms with van der Waals surface area (Å²) in [5, 5.41) is 0. The minimum absolute atomic E-state index is 0.249. The highest BCUT2D eigenvalue weighted by Crippen LogP contribution is 2.22. The van der Waals surface area contributed by atoms with Gasteiger partial charge in [0.2, 0.25) is 0 Å². The fourth-order valence-electron chi connectivity index (χ4n) is 1.04. The lowest BCUT2D eigenvalue weighted by Gasteiger charge is -2.15. The van der Waals surface area contributed by atoms with Gasteiger partial charge >= 0.3 is 6.18 Å². The van der Waals surface area contributed by atoms with Crippen molar-refractivity contribution in [2.45, 2.75) is 18.6 Å². The Bertz CT molecular complexity index is 347. The van der Waals surface area contributed by atoms with Crippen LogP contribution >= 0.6 is 0 Å². The average Bonchev–Trinajstić information content (AvgIpc) is 2.08.